The van der Waals surface area contributed by atoms with Gasteiger partial charge >= 0.3 is 0 Å². The van der Waals surface area contributed by atoms with Crippen LogP contribution in [0.3, 0.4) is 0 Å². The van der Waals surface area contributed by atoms with Crippen LogP contribution < -0.4 is 0 Å². The molecular weight excluding hydrogens is 216 g/mol. The van der Waals surface area contributed by atoms with Crippen LogP contribution in [0.4, 0.5) is 0 Å². The molecule has 1 rings (SSSR count). The third-order valence-corrected chi connectivity index (χ3v) is 2.53. The van der Waals surface area contributed by atoms with Crippen LogP contribution >= 0.6 is 0 Å². The van der Waals surface area contributed by atoms with Crippen molar-refractivity contribution in [3.63, 3.8) is 0 Å². The Balaban J connectivity index is 0. The molecule has 0 bridgehead atoms. The Kier molecular flexibility index (Phi) is 9.99. The van der Waals surface area contributed by atoms with Crippen molar-refractivity contribution in [1.82, 2.24) is 0 Å². The van der Waals surface area contributed by atoms with E-state index in [0.717, 1.165) is 0 Å². The van der Waals surface area contributed by atoms with Crippen LogP contribution in [0.2, 0.25) is 0 Å². The predicted molar refractivity (Wildman–Crippen MR) is 86.2 cm³/mol. The lowest BCUT2D eigenvalue weighted by Gasteiger charge is -2.32. The molecule has 0 spiro atoms. The summed E-state index contributed by atoms with van der Waals surface area (Å²) in [6.07, 6.45) is 1.21. The van der Waals surface area contributed by atoms with Gasteiger partial charge in [-0.25, -0.2) is 0 Å². The number of rotatable bonds is 2. The normalized spacial score (nSPS) is 10.7. The van der Waals surface area contributed by atoms with Crippen molar-refractivity contribution in [2.24, 2.45) is 5.41 Å². The lowest BCUT2D eigenvalue weighted by atomic mass is 9.72. The van der Waals surface area contributed by atoms with E-state index in [-0.39, 0.29) is 5.41 Å². The van der Waals surface area contributed by atoms with Gasteiger partial charge in [-0.05, 0) is 22.8 Å². The molecule has 0 aliphatic rings. The highest BCUT2D eigenvalue weighted by Crippen LogP contribution is 2.35. The van der Waals surface area contributed by atoms with Gasteiger partial charge in [-0.1, -0.05) is 92.6 Å². The molecule has 0 aromatic heterocycles. The number of benzene rings is 1. The highest BCUT2D eigenvalue weighted by Gasteiger charge is 2.26. The fourth-order valence-corrected chi connectivity index (χ4v) is 2.32. The molecule has 0 amide bonds. The lowest BCUT2D eigenvalue weighted by molar-refractivity contribution is 0.284. The first-order valence-corrected chi connectivity index (χ1v) is 7.37. The second-order valence-electron chi connectivity index (χ2n) is 5.99. The minimum Gasteiger partial charge on any atom is -0.0683 e. The van der Waals surface area contributed by atoms with Gasteiger partial charge in [0.2, 0.25) is 0 Å². The minimum atomic E-state index is 0.277. The third kappa shape index (κ3) is 8.33. The van der Waals surface area contributed by atoms with Gasteiger partial charge in [-0.2, -0.15) is 0 Å². The molecule has 0 heterocycles. The maximum absolute atomic E-state index is 2.33. The molecule has 0 radical (unpaired) electrons. The summed E-state index contributed by atoms with van der Waals surface area (Å²) in [7, 11) is 0. The quantitative estimate of drug-likeness (QED) is 0.565. The van der Waals surface area contributed by atoms with E-state index in [2.05, 4.69) is 65.0 Å². The van der Waals surface area contributed by atoms with Gasteiger partial charge in [-0.3, -0.25) is 0 Å². The van der Waals surface area contributed by atoms with E-state index in [1.807, 2.05) is 27.7 Å². The van der Waals surface area contributed by atoms with E-state index in [0.29, 0.717) is 5.41 Å². The van der Waals surface area contributed by atoms with Crippen molar-refractivity contribution in [1.29, 1.82) is 0 Å². The maximum atomic E-state index is 2.33. The second kappa shape index (κ2) is 9.19. The highest BCUT2D eigenvalue weighted by atomic mass is 14.3. The van der Waals surface area contributed by atoms with Gasteiger partial charge in [0.25, 0.3) is 0 Å². The highest BCUT2D eigenvalue weighted by molar-refractivity contribution is 5.23. The van der Waals surface area contributed by atoms with Crippen molar-refractivity contribution >= 4 is 0 Å². The zero-order chi connectivity index (χ0) is 14.8. The van der Waals surface area contributed by atoms with Gasteiger partial charge in [0.15, 0.2) is 0 Å². The molecule has 0 aliphatic heterocycles. The summed E-state index contributed by atoms with van der Waals surface area (Å²) < 4.78 is 0. The predicted octanol–water partition coefficient (Wildman–Crippen LogP) is 6.45. The first kappa shape index (κ1) is 19.6. The van der Waals surface area contributed by atoms with Crippen molar-refractivity contribution in [3.8, 4) is 0 Å². The Labute approximate surface area is 116 Å². The summed E-state index contributed by atoms with van der Waals surface area (Å²) in [5, 5.41) is 0. The van der Waals surface area contributed by atoms with Gasteiger partial charge in [0, 0.05) is 0 Å². The molecule has 0 N–H and O–H groups in total. The Morgan fingerprint density at radius 2 is 1.11 bits per heavy atom. The van der Waals surface area contributed by atoms with E-state index >= 15 is 0 Å². The van der Waals surface area contributed by atoms with Crippen molar-refractivity contribution in [2.45, 2.75) is 74.1 Å². The van der Waals surface area contributed by atoms with Crippen LogP contribution in [0.5, 0.6) is 0 Å². The van der Waals surface area contributed by atoms with Crippen LogP contribution in [0.15, 0.2) is 30.3 Å². The van der Waals surface area contributed by atoms with Crippen LogP contribution in [0.1, 0.15) is 74.3 Å². The van der Waals surface area contributed by atoms with Gasteiger partial charge in [-0.15, -0.1) is 0 Å². The minimum absolute atomic E-state index is 0.277. The molecule has 0 unspecified atom stereocenters. The largest absolute Gasteiger partial charge is 0.0683 e. The number of hydrogen-bond donors (Lipinski definition) is 0. The lowest BCUT2D eigenvalue weighted by Crippen LogP contribution is -2.24. The van der Waals surface area contributed by atoms with Gasteiger partial charge in [0.05, 0.1) is 0 Å². The fraction of sp³-hybridized carbons (Fsp3) is 0.667. The molecule has 0 nitrogen and oxygen atoms in total. The summed E-state index contributed by atoms with van der Waals surface area (Å²) >= 11 is 0. The zero-order valence-corrected chi connectivity index (χ0v) is 14.1. The molecule has 0 fully saturated rings. The van der Waals surface area contributed by atoms with Crippen LogP contribution in [0, 0.1) is 5.41 Å². The molecule has 0 heteroatoms. The summed E-state index contributed by atoms with van der Waals surface area (Å²) in [6.45, 7) is 19.6. The van der Waals surface area contributed by atoms with Crippen LogP contribution in [-0.2, 0) is 5.41 Å². The summed E-state index contributed by atoms with van der Waals surface area (Å²) in [6, 6.07) is 10.8. The maximum Gasteiger partial charge on any atom is -0.00986 e. The van der Waals surface area contributed by atoms with E-state index in [4.69, 9.17) is 0 Å². The van der Waals surface area contributed by atoms with Gasteiger partial charge in [0.1, 0.15) is 0 Å². The first-order valence-electron chi connectivity index (χ1n) is 7.37. The SMILES string of the molecule is CC.CC.CC(C)(C)CC(C)(C)c1ccccc1. The van der Waals surface area contributed by atoms with Crippen LogP contribution in [0.25, 0.3) is 0 Å². The Hall–Kier alpha value is -0.780. The molecule has 0 saturated heterocycles. The number of hydrogen-bond acceptors (Lipinski definition) is 0. The molecule has 106 valence electrons. The average Bonchev–Trinajstić information content (AvgIpc) is 2.32. The van der Waals surface area contributed by atoms with E-state index < -0.39 is 0 Å². The molecule has 18 heavy (non-hydrogen) atoms. The third-order valence-electron chi connectivity index (χ3n) is 2.53. The molecule has 0 atom stereocenters. The van der Waals surface area contributed by atoms with E-state index in [1.165, 1.54) is 12.0 Å². The second-order valence-corrected chi connectivity index (χ2v) is 5.99. The van der Waals surface area contributed by atoms with E-state index in [9.17, 15) is 0 Å². The topological polar surface area (TPSA) is 0 Å². The molecule has 1 aromatic rings. The zero-order valence-electron chi connectivity index (χ0n) is 14.1. The van der Waals surface area contributed by atoms with Crippen LogP contribution in [-0.4, -0.2) is 0 Å². The average molecular weight is 250 g/mol. The van der Waals surface area contributed by atoms with Crippen molar-refractivity contribution < 1.29 is 0 Å². The smallest absolute Gasteiger partial charge is 0.00986 e. The molecule has 1 aromatic carbocycles. The molecule has 0 saturated carbocycles. The molecule has 0 aliphatic carbocycles. The monoisotopic (exact) mass is 250 g/mol. The first-order chi connectivity index (χ1) is 8.31. The Morgan fingerprint density at radius 3 is 1.44 bits per heavy atom. The standard InChI is InChI=1S/C14H22.2C2H6/c1-13(2,3)11-14(4,5)12-9-7-6-8-10-12;2*1-2/h6-10H,11H2,1-5H3;2*1-2H3. The van der Waals surface area contributed by atoms with Crippen molar-refractivity contribution in [2.75, 3.05) is 0 Å². The summed E-state index contributed by atoms with van der Waals surface area (Å²) in [5.41, 5.74) is 2.11. The van der Waals surface area contributed by atoms with Crippen molar-refractivity contribution in [3.05, 3.63) is 35.9 Å². The Bertz CT molecular complexity index is 275. The van der Waals surface area contributed by atoms with Gasteiger partial charge < -0.3 is 0 Å². The van der Waals surface area contributed by atoms with E-state index in [1.54, 1.807) is 0 Å². The Morgan fingerprint density at radius 1 is 0.722 bits per heavy atom. The fourth-order valence-electron chi connectivity index (χ4n) is 2.32. The summed E-state index contributed by atoms with van der Waals surface area (Å²) in [4.78, 5) is 0. The molecular formula is C18H34. The summed E-state index contributed by atoms with van der Waals surface area (Å²) in [5.74, 6) is 0.